The predicted octanol–water partition coefficient (Wildman–Crippen LogP) is 4.46. The summed E-state index contributed by atoms with van der Waals surface area (Å²) in [6.07, 6.45) is 17.2. The Morgan fingerprint density at radius 3 is 2.93 bits per heavy atom. The molecule has 9 nitrogen and oxygen atoms in total. The highest BCUT2D eigenvalue weighted by Crippen LogP contribution is 2.40. The van der Waals surface area contributed by atoms with E-state index in [4.69, 9.17) is 11.1 Å². The van der Waals surface area contributed by atoms with Gasteiger partial charge in [0, 0.05) is 55.0 Å². The van der Waals surface area contributed by atoms with E-state index >= 15 is 4.39 Å². The zero-order valence-corrected chi connectivity index (χ0v) is 22.9. The summed E-state index contributed by atoms with van der Waals surface area (Å²) in [4.78, 5) is 37.4. The Kier molecular flexibility index (Phi) is 7.38. The van der Waals surface area contributed by atoms with Gasteiger partial charge < -0.3 is 26.3 Å². The fourth-order valence-electron chi connectivity index (χ4n) is 5.94. The molecule has 4 N–H and O–H groups in total. The summed E-state index contributed by atoms with van der Waals surface area (Å²) in [6.45, 7) is 1.28. The number of hydrogen-bond donors (Lipinski definition) is 3. The van der Waals surface area contributed by atoms with Gasteiger partial charge in [0.2, 0.25) is 5.91 Å². The van der Waals surface area contributed by atoms with Crippen LogP contribution in [-0.4, -0.2) is 57.3 Å². The van der Waals surface area contributed by atoms with Crippen molar-refractivity contribution in [2.75, 3.05) is 18.4 Å². The minimum atomic E-state index is -0.740. The van der Waals surface area contributed by atoms with E-state index in [1.807, 2.05) is 28.0 Å². The number of aliphatic imine (C=N–C) groups is 1. The number of hydrogen-bond acceptors (Lipinski definition) is 7. The van der Waals surface area contributed by atoms with Crippen LogP contribution >= 0.6 is 0 Å². The molecule has 2 fully saturated rings. The van der Waals surface area contributed by atoms with Gasteiger partial charge in [0.1, 0.15) is 23.5 Å². The SMILES string of the molecule is N=C(C1=C(F)C=C(C(=O)Nc2cc(C3CC3)ccn2)CC=C1)C1C(N)=NC=CN1CCC1CCC2=CCC(=O)N2C1. The molecular formula is C31H34FN7O2. The Morgan fingerprint density at radius 1 is 1.24 bits per heavy atom. The fourth-order valence-corrected chi connectivity index (χ4v) is 5.94. The second kappa shape index (κ2) is 11.3. The molecule has 212 valence electrons. The molecule has 0 bridgehead atoms. The van der Waals surface area contributed by atoms with Gasteiger partial charge in [-0.2, -0.15) is 0 Å². The summed E-state index contributed by atoms with van der Waals surface area (Å²) >= 11 is 0. The summed E-state index contributed by atoms with van der Waals surface area (Å²) in [5, 5.41) is 11.7. The van der Waals surface area contributed by atoms with E-state index < -0.39 is 17.8 Å². The van der Waals surface area contributed by atoms with E-state index in [9.17, 15) is 9.59 Å². The normalized spacial score (nSPS) is 24.0. The number of amidine groups is 1. The first-order valence-electron chi connectivity index (χ1n) is 14.3. The third kappa shape index (κ3) is 5.77. The van der Waals surface area contributed by atoms with Gasteiger partial charge >= 0.3 is 0 Å². The Bertz CT molecular complexity index is 1470. The maximum Gasteiger partial charge on any atom is 0.253 e. The van der Waals surface area contributed by atoms with Crippen molar-refractivity contribution in [1.29, 1.82) is 5.41 Å². The molecule has 0 aromatic carbocycles. The van der Waals surface area contributed by atoms with Crippen LogP contribution in [0.15, 0.2) is 82.7 Å². The van der Waals surface area contributed by atoms with Crippen LogP contribution in [0.4, 0.5) is 10.2 Å². The molecule has 41 heavy (non-hydrogen) atoms. The van der Waals surface area contributed by atoms with Crippen molar-refractivity contribution in [2.24, 2.45) is 16.6 Å². The van der Waals surface area contributed by atoms with Crippen molar-refractivity contribution in [3.63, 3.8) is 0 Å². The van der Waals surface area contributed by atoms with E-state index in [1.165, 1.54) is 12.2 Å². The number of piperidine rings is 1. The van der Waals surface area contributed by atoms with Crippen molar-refractivity contribution in [1.82, 2.24) is 14.8 Å². The van der Waals surface area contributed by atoms with Crippen molar-refractivity contribution >= 4 is 29.2 Å². The van der Waals surface area contributed by atoms with E-state index in [0.717, 1.165) is 43.4 Å². The Balaban J connectivity index is 1.14. The van der Waals surface area contributed by atoms with Crippen LogP contribution in [0.3, 0.4) is 0 Å². The maximum absolute atomic E-state index is 15.6. The molecule has 2 amide bonds. The summed E-state index contributed by atoms with van der Waals surface area (Å²) in [5.74, 6) is 0.564. The second-order valence-corrected chi connectivity index (χ2v) is 11.2. The Hall–Kier alpha value is -4.34. The number of nitrogens with two attached hydrogens (primary N) is 1. The first-order chi connectivity index (χ1) is 19.9. The van der Waals surface area contributed by atoms with E-state index in [-0.39, 0.29) is 35.0 Å². The zero-order valence-electron chi connectivity index (χ0n) is 22.9. The number of allylic oxidation sites excluding steroid dienone is 5. The minimum Gasteiger partial charge on any atom is -0.385 e. The average molecular weight is 556 g/mol. The minimum absolute atomic E-state index is 0.0235. The highest BCUT2D eigenvalue weighted by molar-refractivity contribution is 6.18. The molecule has 1 saturated carbocycles. The van der Waals surface area contributed by atoms with Gasteiger partial charge in [-0.05, 0) is 74.1 Å². The van der Waals surface area contributed by atoms with E-state index in [2.05, 4.69) is 15.3 Å². The van der Waals surface area contributed by atoms with E-state index in [1.54, 1.807) is 24.7 Å². The molecule has 0 spiro atoms. The summed E-state index contributed by atoms with van der Waals surface area (Å²) in [7, 11) is 0. The molecule has 2 aliphatic carbocycles. The van der Waals surface area contributed by atoms with Gasteiger partial charge in [-0.15, -0.1) is 0 Å². The highest BCUT2D eigenvalue weighted by atomic mass is 19.1. The number of aromatic nitrogens is 1. The lowest BCUT2D eigenvalue weighted by Gasteiger charge is -2.36. The molecule has 4 heterocycles. The highest BCUT2D eigenvalue weighted by Gasteiger charge is 2.33. The smallest absolute Gasteiger partial charge is 0.253 e. The van der Waals surface area contributed by atoms with Crippen LogP contribution in [0, 0.1) is 11.3 Å². The topological polar surface area (TPSA) is 128 Å². The van der Waals surface area contributed by atoms with Gasteiger partial charge in [-0.25, -0.2) is 14.4 Å². The molecule has 3 aliphatic heterocycles. The number of nitrogens with zero attached hydrogens (tertiary/aromatic N) is 4. The molecule has 1 aromatic heterocycles. The number of fused-ring (bicyclic) bond motifs is 1. The fraction of sp³-hybridized carbons (Fsp3) is 0.387. The summed E-state index contributed by atoms with van der Waals surface area (Å²) in [5.41, 5.74) is 8.82. The molecule has 10 heteroatoms. The maximum atomic E-state index is 15.6. The number of pyridine rings is 1. The number of amides is 2. The molecular weight excluding hydrogens is 521 g/mol. The van der Waals surface area contributed by atoms with Crippen LogP contribution in [0.25, 0.3) is 0 Å². The lowest BCUT2D eigenvalue weighted by atomic mass is 9.92. The number of nitrogens with one attached hydrogen (secondary N) is 2. The number of anilines is 1. The third-order valence-corrected chi connectivity index (χ3v) is 8.41. The van der Waals surface area contributed by atoms with Crippen LogP contribution in [0.5, 0.6) is 0 Å². The molecule has 2 unspecified atom stereocenters. The van der Waals surface area contributed by atoms with Crippen molar-refractivity contribution < 1.29 is 14.0 Å². The monoisotopic (exact) mass is 555 g/mol. The molecule has 0 radical (unpaired) electrons. The van der Waals surface area contributed by atoms with Crippen LogP contribution in [0.1, 0.15) is 56.4 Å². The van der Waals surface area contributed by atoms with Gasteiger partial charge in [-0.3, -0.25) is 9.59 Å². The van der Waals surface area contributed by atoms with Gasteiger partial charge in [-0.1, -0.05) is 18.2 Å². The largest absolute Gasteiger partial charge is 0.385 e. The Morgan fingerprint density at radius 2 is 2.10 bits per heavy atom. The molecule has 2 atom stereocenters. The summed E-state index contributed by atoms with van der Waals surface area (Å²) in [6, 6.07) is 3.09. The number of carbonyl (C=O) groups excluding carboxylic acids is 2. The number of rotatable bonds is 8. The number of carbonyl (C=O) groups is 2. The number of halogens is 1. The predicted molar refractivity (Wildman–Crippen MR) is 156 cm³/mol. The standard InChI is InChI=1S/C31H34FN7O2/c32-25-16-22(31(41)37-26-17-21(10-12-35-26)20-5-6-20)2-1-3-24(25)28(33)29-30(34)36-13-15-38(29)14-11-19-4-7-23-8-9-27(40)39(23)18-19/h1,3,8,10,12-13,15-17,19-20,29,33H,2,4-7,9,11,14,18H2,(H2,34,36)(H,35,37,41). The lowest BCUT2D eigenvalue weighted by Crippen LogP contribution is -2.50. The Labute approximate surface area is 238 Å². The lowest BCUT2D eigenvalue weighted by molar-refractivity contribution is -0.128. The van der Waals surface area contributed by atoms with Crippen molar-refractivity contribution in [3.8, 4) is 0 Å². The second-order valence-electron chi connectivity index (χ2n) is 11.2. The quantitative estimate of drug-likeness (QED) is 0.408. The van der Waals surface area contributed by atoms with Crippen molar-refractivity contribution in [2.45, 2.75) is 56.9 Å². The van der Waals surface area contributed by atoms with Crippen molar-refractivity contribution in [3.05, 3.63) is 83.3 Å². The van der Waals surface area contributed by atoms with E-state index in [0.29, 0.717) is 37.2 Å². The van der Waals surface area contributed by atoms with Gasteiger partial charge in [0.15, 0.2) is 0 Å². The molecule has 6 rings (SSSR count). The van der Waals surface area contributed by atoms with Crippen LogP contribution in [0.2, 0.25) is 0 Å². The third-order valence-electron chi connectivity index (χ3n) is 8.41. The first-order valence-corrected chi connectivity index (χ1v) is 14.3. The van der Waals surface area contributed by atoms with Gasteiger partial charge in [0.25, 0.3) is 5.91 Å². The average Bonchev–Trinajstić information content (AvgIpc) is 3.78. The molecule has 5 aliphatic rings. The zero-order chi connectivity index (χ0) is 28.5. The van der Waals surface area contributed by atoms with Crippen LogP contribution < -0.4 is 11.1 Å². The first kappa shape index (κ1) is 26.9. The molecule has 1 saturated heterocycles. The van der Waals surface area contributed by atoms with Crippen LogP contribution in [-0.2, 0) is 9.59 Å². The molecule has 1 aromatic rings. The van der Waals surface area contributed by atoms with Gasteiger partial charge in [0.05, 0.1) is 5.71 Å². The summed E-state index contributed by atoms with van der Waals surface area (Å²) < 4.78 is 15.6.